The normalized spacial score (nSPS) is 17.7. The van der Waals surface area contributed by atoms with E-state index in [1.54, 1.807) is 6.07 Å². The third-order valence-corrected chi connectivity index (χ3v) is 6.54. The molecule has 1 fully saturated rings. The number of aliphatic hydroxyl groups excluding tert-OH is 1. The summed E-state index contributed by atoms with van der Waals surface area (Å²) in [7, 11) is 0. The number of aromatic carboxylic acids is 1. The first-order valence-electron chi connectivity index (χ1n) is 10.6. The maximum Gasteiger partial charge on any atom is 0.345 e. The molecule has 1 saturated heterocycles. The molecular formula is C24H29NO4S. The fraction of sp³-hybridized carbons (Fsp3) is 0.417. The first kappa shape index (κ1) is 22.2. The SMILES string of the molecule is CCCCC[C@@H](O)c1ccc(N2C(=O)CC[C@@H]2C=CCc2ccc(C(=O)O)s2)cc1. The fourth-order valence-corrected chi connectivity index (χ4v) is 4.60. The van der Waals surface area contributed by atoms with Gasteiger partial charge in [0.25, 0.3) is 0 Å². The van der Waals surface area contributed by atoms with Crippen LogP contribution in [0.25, 0.3) is 0 Å². The Labute approximate surface area is 181 Å². The average Bonchev–Trinajstić information content (AvgIpc) is 3.35. The minimum Gasteiger partial charge on any atom is -0.477 e. The minimum atomic E-state index is -0.901. The number of benzene rings is 1. The Morgan fingerprint density at radius 3 is 2.67 bits per heavy atom. The molecule has 0 saturated carbocycles. The average molecular weight is 428 g/mol. The molecule has 5 nitrogen and oxygen atoms in total. The molecule has 0 aliphatic carbocycles. The van der Waals surface area contributed by atoms with Gasteiger partial charge in [-0.2, -0.15) is 0 Å². The molecule has 0 radical (unpaired) electrons. The number of hydrogen-bond acceptors (Lipinski definition) is 4. The molecule has 1 amide bonds. The van der Waals surface area contributed by atoms with Gasteiger partial charge < -0.3 is 15.1 Å². The van der Waals surface area contributed by atoms with Gasteiger partial charge in [0.1, 0.15) is 4.88 Å². The molecular weight excluding hydrogens is 398 g/mol. The van der Waals surface area contributed by atoms with Crippen molar-refractivity contribution in [2.75, 3.05) is 4.90 Å². The lowest BCUT2D eigenvalue weighted by atomic mass is 10.0. The number of allylic oxidation sites excluding steroid dienone is 1. The molecule has 1 aromatic carbocycles. The zero-order valence-corrected chi connectivity index (χ0v) is 18.1. The zero-order valence-electron chi connectivity index (χ0n) is 17.3. The Bertz CT molecular complexity index is 887. The summed E-state index contributed by atoms with van der Waals surface area (Å²) in [4.78, 5) is 26.6. The molecule has 2 aromatic rings. The number of unbranched alkanes of at least 4 members (excludes halogenated alkanes) is 2. The van der Waals surface area contributed by atoms with Crippen LogP contribution in [-0.4, -0.2) is 28.1 Å². The number of carboxylic acids is 1. The van der Waals surface area contributed by atoms with Crippen LogP contribution in [0.2, 0.25) is 0 Å². The Morgan fingerprint density at radius 1 is 1.23 bits per heavy atom. The third-order valence-electron chi connectivity index (χ3n) is 5.44. The van der Waals surface area contributed by atoms with Gasteiger partial charge in [-0.25, -0.2) is 4.79 Å². The van der Waals surface area contributed by atoms with Crippen molar-refractivity contribution in [2.24, 2.45) is 0 Å². The summed E-state index contributed by atoms with van der Waals surface area (Å²) in [5, 5.41) is 19.4. The van der Waals surface area contributed by atoms with Crippen LogP contribution in [-0.2, 0) is 11.2 Å². The fourth-order valence-electron chi connectivity index (χ4n) is 3.78. The Hall–Kier alpha value is -2.44. The Kier molecular flexibility index (Phi) is 7.82. The number of carbonyl (C=O) groups is 2. The van der Waals surface area contributed by atoms with E-state index < -0.39 is 12.1 Å². The largest absolute Gasteiger partial charge is 0.477 e. The van der Waals surface area contributed by atoms with Crippen molar-refractivity contribution in [2.45, 2.75) is 64.0 Å². The molecule has 1 aliphatic rings. The highest BCUT2D eigenvalue weighted by atomic mass is 32.1. The molecule has 1 aliphatic heterocycles. The van der Waals surface area contributed by atoms with Crippen LogP contribution in [0.4, 0.5) is 5.69 Å². The maximum absolute atomic E-state index is 12.5. The number of nitrogens with zero attached hydrogens (tertiary/aromatic N) is 1. The zero-order chi connectivity index (χ0) is 21.5. The van der Waals surface area contributed by atoms with E-state index in [9.17, 15) is 14.7 Å². The van der Waals surface area contributed by atoms with Gasteiger partial charge >= 0.3 is 5.97 Å². The summed E-state index contributed by atoms with van der Waals surface area (Å²) in [6, 6.07) is 11.1. The number of anilines is 1. The van der Waals surface area contributed by atoms with Gasteiger partial charge in [-0.3, -0.25) is 4.79 Å². The molecule has 2 N–H and O–H groups in total. The van der Waals surface area contributed by atoms with Crippen LogP contribution in [0.3, 0.4) is 0 Å². The summed E-state index contributed by atoms with van der Waals surface area (Å²) in [6.45, 7) is 2.15. The molecule has 6 heteroatoms. The van der Waals surface area contributed by atoms with E-state index >= 15 is 0 Å². The molecule has 0 unspecified atom stereocenters. The number of amides is 1. The van der Waals surface area contributed by atoms with Crippen molar-refractivity contribution in [1.29, 1.82) is 0 Å². The highest BCUT2D eigenvalue weighted by Crippen LogP contribution is 2.30. The van der Waals surface area contributed by atoms with Crippen LogP contribution in [0, 0.1) is 0 Å². The van der Waals surface area contributed by atoms with Crippen LogP contribution < -0.4 is 4.90 Å². The molecule has 0 bridgehead atoms. The van der Waals surface area contributed by atoms with Crippen molar-refractivity contribution in [3.8, 4) is 0 Å². The monoisotopic (exact) mass is 427 g/mol. The van der Waals surface area contributed by atoms with Crippen molar-refractivity contribution in [3.63, 3.8) is 0 Å². The van der Waals surface area contributed by atoms with E-state index in [0.717, 1.165) is 48.2 Å². The number of thiophene rings is 1. The quantitative estimate of drug-likeness (QED) is 0.395. The first-order chi connectivity index (χ1) is 14.5. The lowest BCUT2D eigenvalue weighted by Crippen LogP contribution is -2.31. The number of hydrogen-bond donors (Lipinski definition) is 2. The highest BCUT2D eigenvalue weighted by molar-refractivity contribution is 7.13. The van der Waals surface area contributed by atoms with Gasteiger partial charge in [-0.15, -0.1) is 11.3 Å². The summed E-state index contributed by atoms with van der Waals surface area (Å²) < 4.78 is 0. The molecule has 3 rings (SSSR count). The molecule has 0 spiro atoms. The van der Waals surface area contributed by atoms with Crippen molar-refractivity contribution >= 4 is 28.9 Å². The minimum absolute atomic E-state index is 0.00302. The van der Waals surface area contributed by atoms with E-state index in [-0.39, 0.29) is 11.9 Å². The number of carboxylic acid groups (broad SMARTS) is 1. The van der Waals surface area contributed by atoms with Crippen molar-refractivity contribution < 1.29 is 19.8 Å². The molecule has 30 heavy (non-hydrogen) atoms. The predicted octanol–water partition coefficient (Wildman–Crippen LogP) is 5.35. The van der Waals surface area contributed by atoms with Gasteiger partial charge in [-0.05, 0) is 49.1 Å². The number of carbonyl (C=O) groups excluding carboxylic acids is 1. The molecule has 160 valence electrons. The van der Waals surface area contributed by atoms with Gasteiger partial charge in [0.15, 0.2) is 0 Å². The van der Waals surface area contributed by atoms with E-state index in [1.807, 2.05) is 47.4 Å². The van der Waals surface area contributed by atoms with Gasteiger partial charge in [0.2, 0.25) is 5.91 Å². The highest BCUT2D eigenvalue weighted by Gasteiger charge is 2.30. The maximum atomic E-state index is 12.5. The lowest BCUT2D eigenvalue weighted by molar-refractivity contribution is -0.117. The third kappa shape index (κ3) is 5.58. The van der Waals surface area contributed by atoms with Gasteiger partial charge in [0, 0.05) is 17.0 Å². The topological polar surface area (TPSA) is 77.8 Å². The molecule has 2 heterocycles. The number of aliphatic hydroxyl groups is 1. The smallest absolute Gasteiger partial charge is 0.345 e. The van der Waals surface area contributed by atoms with E-state index in [2.05, 4.69) is 6.92 Å². The van der Waals surface area contributed by atoms with Gasteiger partial charge in [0.05, 0.1) is 12.1 Å². The van der Waals surface area contributed by atoms with E-state index in [4.69, 9.17) is 5.11 Å². The van der Waals surface area contributed by atoms with Gasteiger partial charge in [-0.1, -0.05) is 50.5 Å². The van der Waals surface area contributed by atoms with Crippen LogP contribution in [0.1, 0.15) is 71.7 Å². The summed E-state index contributed by atoms with van der Waals surface area (Å²) in [6.07, 6.45) is 9.54. The predicted molar refractivity (Wildman–Crippen MR) is 120 cm³/mol. The molecule has 2 atom stereocenters. The molecule has 1 aromatic heterocycles. The van der Waals surface area contributed by atoms with Crippen LogP contribution >= 0.6 is 11.3 Å². The van der Waals surface area contributed by atoms with E-state index in [1.165, 1.54) is 11.3 Å². The standard InChI is InChI=1S/C24H29NO4S/c1-2-3-4-8-21(26)17-9-11-19(12-10-17)25-18(13-16-23(25)27)6-5-7-20-14-15-22(30-20)24(28)29/h5-6,9-12,14-15,18,21,26H,2-4,7-8,13,16H2,1H3,(H,28,29)/t18-,21+/m0/s1. The summed E-state index contributed by atoms with van der Waals surface area (Å²) >= 11 is 1.28. The lowest BCUT2D eigenvalue weighted by Gasteiger charge is -2.23. The number of rotatable bonds is 10. The second-order valence-electron chi connectivity index (χ2n) is 7.68. The Morgan fingerprint density at radius 2 is 2.00 bits per heavy atom. The second kappa shape index (κ2) is 10.5. The summed E-state index contributed by atoms with van der Waals surface area (Å²) in [5.41, 5.74) is 1.74. The van der Waals surface area contributed by atoms with E-state index in [0.29, 0.717) is 17.7 Å². The second-order valence-corrected chi connectivity index (χ2v) is 8.84. The van der Waals surface area contributed by atoms with Crippen LogP contribution in [0.15, 0.2) is 48.6 Å². The van der Waals surface area contributed by atoms with Crippen molar-refractivity contribution in [1.82, 2.24) is 0 Å². The first-order valence-corrected chi connectivity index (χ1v) is 11.4. The van der Waals surface area contributed by atoms with Crippen LogP contribution in [0.5, 0.6) is 0 Å². The summed E-state index contributed by atoms with van der Waals surface area (Å²) in [5.74, 6) is -0.799. The van der Waals surface area contributed by atoms with Crippen molar-refractivity contribution in [3.05, 3.63) is 63.9 Å². The Balaban J connectivity index is 1.63.